The number of aromatic nitrogens is 1. The highest BCUT2D eigenvalue weighted by atomic mass is 16.3. The molecule has 1 atom stereocenters. The molecule has 1 fully saturated rings. The van der Waals surface area contributed by atoms with Crippen LogP contribution in [0.25, 0.3) is 0 Å². The van der Waals surface area contributed by atoms with Gasteiger partial charge in [-0.1, -0.05) is 6.07 Å². The number of carbonyl (C=O) groups excluding carboxylic acids is 1. The van der Waals surface area contributed by atoms with Crippen LogP contribution in [0.3, 0.4) is 0 Å². The van der Waals surface area contributed by atoms with Crippen LogP contribution in [-0.2, 0) is 4.79 Å². The molecule has 5 heteroatoms. The fourth-order valence-corrected chi connectivity index (χ4v) is 1.94. The highest BCUT2D eigenvalue weighted by molar-refractivity contribution is 5.82. The average Bonchev–Trinajstić information content (AvgIpc) is 2.32. The van der Waals surface area contributed by atoms with Crippen LogP contribution in [0.2, 0.25) is 0 Å². The first-order chi connectivity index (χ1) is 8.09. The van der Waals surface area contributed by atoms with E-state index in [0.717, 1.165) is 12.1 Å². The molecule has 1 amide bonds. The minimum absolute atomic E-state index is 0.0819. The van der Waals surface area contributed by atoms with Gasteiger partial charge in [0.15, 0.2) is 0 Å². The van der Waals surface area contributed by atoms with E-state index in [4.69, 9.17) is 0 Å². The van der Waals surface area contributed by atoms with Crippen molar-refractivity contribution in [3.05, 3.63) is 23.9 Å². The Kier molecular flexibility index (Phi) is 3.28. The molecule has 0 bridgehead atoms. The number of hydrogen-bond donors (Lipinski definition) is 1. The van der Waals surface area contributed by atoms with Gasteiger partial charge < -0.3 is 14.9 Å². The van der Waals surface area contributed by atoms with E-state index in [0.29, 0.717) is 18.9 Å². The molecule has 1 aromatic rings. The highest BCUT2D eigenvalue weighted by Gasteiger charge is 2.24. The van der Waals surface area contributed by atoms with Gasteiger partial charge in [0.05, 0.1) is 12.6 Å². The van der Waals surface area contributed by atoms with Gasteiger partial charge in [0.2, 0.25) is 5.91 Å². The van der Waals surface area contributed by atoms with Gasteiger partial charge in [-0.15, -0.1) is 0 Å². The summed E-state index contributed by atoms with van der Waals surface area (Å²) in [6.45, 7) is 3.47. The Morgan fingerprint density at radius 3 is 2.88 bits per heavy atom. The van der Waals surface area contributed by atoms with Crippen molar-refractivity contribution in [2.75, 3.05) is 31.6 Å². The van der Waals surface area contributed by atoms with Crippen molar-refractivity contribution in [3.63, 3.8) is 0 Å². The lowest BCUT2D eigenvalue weighted by Crippen LogP contribution is -2.49. The third kappa shape index (κ3) is 2.39. The summed E-state index contributed by atoms with van der Waals surface area (Å²) in [5.41, 5.74) is 0.768. The summed E-state index contributed by atoms with van der Waals surface area (Å²) >= 11 is 0. The largest absolute Gasteiger partial charge is 0.389 e. The number of aliphatic hydroxyl groups excluding tert-OH is 1. The van der Waals surface area contributed by atoms with Gasteiger partial charge in [-0.05, 0) is 13.0 Å². The van der Waals surface area contributed by atoms with E-state index in [2.05, 4.69) is 4.98 Å². The lowest BCUT2D eigenvalue weighted by Gasteiger charge is -2.34. The molecule has 1 aliphatic rings. The molecule has 1 N–H and O–H groups in total. The summed E-state index contributed by atoms with van der Waals surface area (Å²) in [5, 5.41) is 9.69. The number of amides is 1. The maximum Gasteiger partial charge on any atom is 0.241 e. The number of anilines is 1. The molecule has 0 aromatic carbocycles. The van der Waals surface area contributed by atoms with Gasteiger partial charge in [-0.3, -0.25) is 4.79 Å². The third-order valence-corrected chi connectivity index (χ3v) is 3.02. The quantitative estimate of drug-likeness (QED) is 0.807. The summed E-state index contributed by atoms with van der Waals surface area (Å²) in [6.07, 6.45) is 1.11. The zero-order chi connectivity index (χ0) is 12.4. The minimum atomic E-state index is -0.576. The molecule has 1 aromatic heterocycles. The first-order valence-corrected chi connectivity index (χ1v) is 5.71. The second kappa shape index (κ2) is 4.71. The minimum Gasteiger partial charge on any atom is -0.389 e. The molecule has 2 heterocycles. The predicted octanol–water partition coefficient (Wildman–Crippen LogP) is 0.413. The fraction of sp³-hybridized carbons (Fsp3) is 0.500. The van der Waals surface area contributed by atoms with Crippen LogP contribution in [0, 0.1) is 0 Å². The van der Waals surface area contributed by atoms with Crippen molar-refractivity contribution < 1.29 is 9.90 Å². The topological polar surface area (TPSA) is 56.7 Å². The van der Waals surface area contributed by atoms with E-state index in [9.17, 15) is 9.90 Å². The van der Waals surface area contributed by atoms with Gasteiger partial charge in [0.1, 0.15) is 5.82 Å². The molecule has 17 heavy (non-hydrogen) atoms. The third-order valence-electron chi connectivity index (χ3n) is 3.02. The van der Waals surface area contributed by atoms with Crippen LogP contribution in [0.5, 0.6) is 0 Å². The van der Waals surface area contributed by atoms with E-state index in [-0.39, 0.29) is 5.91 Å². The first-order valence-electron chi connectivity index (χ1n) is 5.71. The molecule has 0 saturated carbocycles. The molecular formula is C12H17N3O2. The van der Waals surface area contributed by atoms with Crippen LogP contribution in [0.1, 0.15) is 18.6 Å². The normalized spacial score (nSPS) is 18.4. The lowest BCUT2D eigenvalue weighted by molar-refractivity contribution is -0.129. The van der Waals surface area contributed by atoms with E-state index in [1.807, 2.05) is 11.0 Å². The number of piperazine rings is 1. The zero-order valence-electron chi connectivity index (χ0n) is 10.1. The van der Waals surface area contributed by atoms with Crippen molar-refractivity contribution in [3.8, 4) is 0 Å². The van der Waals surface area contributed by atoms with Crippen molar-refractivity contribution in [2.45, 2.75) is 13.0 Å². The molecule has 2 rings (SSSR count). The van der Waals surface area contributed by atoms with Crippen LogP contribution in [-0.4, -0.2) is 47.6 Å². The van der Waals surface area contributed by atoms with Crippen molar-refractivity contribution in [2.24, 2.45) is 0 Å². The van der Waals surface area contributed by atoms with Gasteiger partial charge >= 0.3 is 0 Å². The fourth-order valence-electron chi connectivity index (χ4n) is 1.94. The Hall–Kier alpha value is -1.62. The van der Waals surface area contributed by atoms with Crippen LogP contribution in [0.4, 0.5) is 5.82 Å². The molecule has 1 unspecified atom stereocenters. The zero-order valence-corrected chi connectivity index (χ0v) is 10.1. The van der Waals surface area contributed by atoms with Crippen molar-refractivity contribution in [1.29, 1.82) is 0 Å². The second-order valence-electron chi connectivity index (χ2n) is 4.33. The predicted molar refractivity (Wildman–Crippen MR) is 64.7 cm³/mol. The monoisotopic (exact) mass is 235 g/mol. The molecular weight excluding hydrogens is 218 g/mol. The molecule has 92 valence electrons. The van der Waals surface area contributed by atoms with Gasteiger partial charge in [0.25, 0.3) is 0 Å². The average molecular weight is 235 g/mol. The number of hydrogen-bond acceptors (Lipinski definition) is 4. The molecule has 0 aliphatic carbocycles. The van der Waals surface area contributed by atoms with E-state index >= 15 is 0 Å². The Balaban J connectivity index is 2.25. The number of rotatable bonds is 2. The summed E-state index contributed by atoms with van der Waals surface area (Å²) in [6, 6.07) is 3.64. The molecule has 0 radical (unpaired) electrons. The van der Waals surface area contributed by atoms with Crippen LogP contribution >= 0.6 is 0 Å². The number of nitrogens with zero attached hydrogens (tertiary/aromatic N) is 3. The molecule has 1 aliphatic heterocycles. The van der Waals surface area contributed by atoms with E-state index in [1.165, 1.54) is 0 Å². The first kappa shape index (κ1) is 11.9. The molecule has 5 nitrogen and oxygen atoms in total. The Labute approximate surface area is 101 Å². The summed E-state index contributed by atoms with van der Waals surface area (Å²) in [4.78, 5) is 19.6. The summed E-state index contributed by atoms with van der Waals surface area (Å²) in [5.74, 6) is 0.794. The van der Waals surface area contributed by atoms with E-state index in [1.54, 1.807) is 31.1 Å². The second-order valence-corrected chi connectivity index (χ2v) is 4.33. The number of likely N-dealkylation sites (N-methyl/N-ethyl adjacent to an activating group) is 1. The maximum absolute atomic E-state index is 11.7. The lowest BCUT2D eigenvalue weighted by atomic mass is 10.1. The Morgan fingerprint density at radius 1 is 1.47 bits per heavy atom. The van der Waals surface area contributed by atoms with E-state index < -0.39 is 6.10 Å². The SMILES string of the molecule is CC(O)c1cccnc1N1CCN(C)C(=O)C1. The smallest absolute Gasteiger partial charge is 0.241 e. The van der Waals surface area contributed by atoms with Crippen LogP contribution < -0.4 is 4.90 Å². The highest BCUT2D eigenvalue weighted by Crippen LogP contribution is 2.24. The number of carbonyl (C=O) groups is 1. The maximum atomic E-state index is 11.7. The van der Waals surface area contributed by atoms with Crippen molar-refractivity contribution >= 4 is 11.7 Å². The Morgan fingerprint density at radius 2 is 2.24 bits per heavy atom. The van der Waals surface area contributed by atoms with Gasteiger partial charge in [0, 0.05) is 31.9 Å². The standard InChI is InChI=1S/C12H17N3O2/c1-9(16)10-4-3-5-13-12(10)15-7-6-14(2)11(17)8-15/h3-5,9,16H,6-8H2,1-2H3. The van der Waals surface area contributed by atoms with Gasteiger partial charge in [-0.25, -0.2) is 4.98 Å². The number of aliphatic hydroxyl groups is 1. The van der Waals surface area contributed by atoms with Crippen molar-refractivity contribution in [1.82, 2.24) is 9.88 Å². The Bertz CT molecular complexity index is 420. The molecule has 1 saturated heterocycles. The van der Waals surface area contributed by atoms with Crippen LogP contribution in [0.15, 0.2) is 18.3 Å². The summed E-state index contributed by atoms with van der Waals surface area (Å²) in [7, 11) is 1.80. The molecule has 0 spiro atoms. The number of pyridine rings is 1. The summed E-state index contributed by atoms with van der Waals surface area (Å²) < 4.78 is 0. The van der Waals surface area contributed by atoms with Gasteiger partial charge in [-0.2, -0.15) is 0 Å².